The first-order valence-corrected chi connectivity index (χ1v) is 4.44. The average Bonchev–Trinajstić information content (AvgIpc) is 2.17. The van der Waals surface area contributed by atoms with E-state index in [-0.39, 0.29) is 11.9 Å². The number of nitrogens with one attached hydrogen (secondary N) is 1. The Morgan fingerprint density at radius 1 is 1.64 bits per heavy atom. The second-order valence-corrected chi connectivity index (χ2v) is 3.00. The summed E-state index contributed by atoms with van der Waals surface area (Å²) in [5.74, 6) is -0.927. The highest BCUT2D eigenvalue weighted by Crippen LogP contribution is 2.02. The number of amides is 1. The number of aromatic nitrogens is 2. The van der Waals surface area contributed by atoms with Crippen LogP contribution in [0, 0.1) is 0 Å². The van der Waals surface area contributed by atoms with Crippen LogP contribution in [0.25, 0.3) is 0 Å². The number of carbonyl (C=O) groups excluding carboxylic acids is 1. The largest absolute Gasteiger partial charge is 0.347 e. The lowest BCUT2D eigenvalue weighted by atomic mass is 10.2. The van der Waals surface area contributed by atoms with E-state index in [4.69, 9.17) is 0 Å². The SMILES string of the molecule is CCC(C)NC(=O)c1nccc([O])n1. The molecule has 1 atom stereocenters. The average molecular weight is 194 g/mol. The third-order valence-electron chi connectivity index (χ3n) is 1.82. The fourth-order valence-corrected chi connectivity index (χ4v) is 0.842. The summed E-state index contributed by atoms with van der Waals surface area (Å²) in [7, 11) is 0. The summed E-state index contributed by atoms with van der Waals surface area (Å²) in [5.41, 5.74) is 0. The Balaban J connectivity index is 2.70. The third-order valence-corrected chi connectivity index (χ3v) is 1.82. The van der Waals surface area contributed by atoms with E-state index in [1.165, 1.54) is 12.3 Å². The van der Waals surface area contributed by atoms with E-state index in [0.29, 0.717) is 0 Å². The van der Waals surface area contributed by atoms with Gasteiger partial charge in [0.25, 0.3) is 11.8 Å². The highest BCUT2D eigenvalue weighted by molar-refractivity contribution is 5.90. The van der Waals surface area contributed by atoms with Crippen molar-refractivity contribution in [2.75, 3.05) is 0 Å². The lowest BCUT2D eigenvalue weighted by Gasteiger charge is -2.09. The van der Waals surface area contributed by atoms with Gasteiger partial charge in [-0.05, 0) is 13.3 Å². The summed E-state index contributed by atoms with van der Waals surface area (Å²) < 4.78 is 0. The summed E-state index contributed by atoms with van der Waals surface area (Å²) in [4.78, 5) is 18.6. The molecular weight excluding hydrogens is 182 g/mol. The molecule has 0 aromatic carbocycles. The van der Waals surface area contributed by atoms with Crippen LogP contribution in [0.5, 0.6) is 5.88 Å². The molecule has 1 radical (unpaired) electrons. The molecule has 75 valence electrons. The molecule has 1 N–H and O–H groups in total. The van der Waals surface area contributed by atoms with Crippen molar-refractivity contribution in [1.29, 1.82) is 0 Å². The zero-order valence-corrected chi connectivity index (χ0v) is 8.15. The monoisotopic (exact) mass is 194 g/mol. The number of rotatable bonds is 3. The van der Waals surface area contributed by atoms with Crippen LogP contribution in [0.1, 0.15) is 30.9 Å². The Labute approximate surface area is 82.2 Å². The van der Waals surface area contributed by atoms with E-state index in [1.807, 2.05) is 13.8 Å². The van der Waals surface area contributed by atoms with E-state index < -0.39 is 11.8 Å². The summed E-state index contributed by atoms with van der Waals surface area (Å²) in [6.45, 7) is 3.83. The first kappa shape index (κ1) is 10.4. The van der Waals surface area contributed by atoms with Crippen LogP contribution in [-0.2, 0) is 5.11 Å². The van der Waals surface area contributed by atoms with Gasteiger partial charge < -0.3 is 5.32 Å². The van der Waals surface area contributed by atoms with Crippen molar-refractivity contribution in [3.05, 3.63) is 18.1 Å². The minimum absolute atomic E-state index is 0.0569. The van der Waals surface area contributed by atoms with Gasteiger partial charge in [0.1, 0.15) is 0 Å². The van der Waals surface area contributed by atoms with E-state index in [0.717, 1.165) is 6.42 Å². The summed E-state index contributed by atoms with van der Waals surface area (Å²) >= 11 is 0. The van der Waals surface area contributed by atoms with Gasteiger partial charge in [0, 0.05) is 18.3 Å². The molecular formula is C9H12N3O2. The molecule has 0 aliphatic heterocycles. The predicted molar refractivity (Wildman–Crippen MR) is 49.4 cm³/mol. The summed E-state index contributed by atoms with van der Waals surface area (Å²) in [5, 5.41) is 13.5. The molecule has 1 rings (SSSR count). The van der Waals surface area contributed by atoms with Crippen LogP contribution in [0.2, 0.25) is 0 Å². The second kappa shape index (κ2) is 4.55. The maximum atomic E-state index is 11.4. The molecule has 0 aliphatic rings. The van der Waals surface area contributed by atoms with Gasteiger partial charge in [-0.2, -0.15) is 4.98 Å². The Morgan fingerprint density at radius 3 is 2.93 bits per heavy atom. The summed E-state index contributed by atoms with van der Waals surface area (Å²) in [6.07, 6.45) is 2.10. The van der Waals surface area contributed by atoms with Crippen LogP contribution in [0.3, 0.4) is 0 Å². The lowest BCUT2D eigenvalue weighted by molar-refractivity contribution is 0.0927. The molecule has 5 heteroatoms. The van der Waals surface area contributed by atoms with Crippen molar-refractivity contribution in [3.8, 4) is 5.88 Å². The molecule has 0 spiro atoms. The van der Waals surface area contributed by atoms with Crippen molar-refractivity contribution < 1.29 is 9.90 Å². The van der Waals surface area contributed by atoms with E-state index in [1.54, 1.807) is 0 Å². The highest BCUT2D eigenvalue weighted by Gasteiger charge is 2.11. The van der Waals surface area contributed by atoms with Crippen molar-refractivity contribution in [2.24, 2.45) is 0 Å². The zero-order chi connectivity index (χ0) is 10.6. The maximum absolute atomic E-state index is 11.4. The lowest BCUT2D eigenvalue weighted by Crippen LogP contribution is -2.33. The van der Waals surface area contributed by atoms with Crippen LogP contribution < -0.4 is 5.32 Å². The van der Waals surface area contributed by atoms with E-state index in [2.05, 4.69) is 15.3 Å². The van der Waals surface area contributed by atoms with Gasteiger partial charge in [-0.1, -0.05) is 6.92 Å². The Bertz CT molecular complexity index is 328. The Morgan fingerprint density at radius 2 is 2.36 bits per heavy atom. The molecule has 1 aromatic rings. The zero-order valence-electron chi connectivity index (χ0n) is 8.15. The van der Waals surface area contributed by atoms with Gasteiger partial charge in [-0.25, -0.2) is 4.98 Å². The number of hydrogen-bond acceptors (Lipinski definition) is 3. The minimum Gasteiger partial charge on any atom is -0.347 e. The quantitative estimate of drug-likeness (QED) is 0.784. The van der Waals surface area contributed by atoms with Gasteiger partial charge in [-0.15, -0.1) is 0 Å². The van der Waals surface area contributed by atoms with Crippen molar-refractivity contribution in [1.82, 2.24) is 15.3 Å². The summed E-state index contributed by atoms with van der Waals surface area (Å²) in [6, 6.07) is 1.27. The van der Waals surface area contributed by atoms with Gasteiger partial charge in [0.05, 0.1) is 0 Å². The third kappa shape index (κ3) is 2.69. The normalized spacial score (nSPS) is 12.1. The van der Waals surface area contributed by atoms with E-state index in [9.17, 15) is 9.90 Å². The van der Waals surface area contributed by atoms with Crippen LogP contribution in [-0.4, -0.2) is 21.9 Å². The Kier molecular flexibility index (Phi) is 3.39. The van der Waals surface area contributed by atoms with Crippen LogP contribution in [0.4, 0.5) is 0 Å². The minimum atomic E-state index is -0.450. The van der Waals surface area contributed by atoms with Gasteiger partial charge in [0.15, 0.2) is 0 Å². The van der Waals surface area contributed by atoms with Gasteiger partial charge in [-0.3, -0.25) is 9.90 Å². The molecule has 5 nitrogen and oxygen atoms in total. The molecule has 1 aromatic heterocycles. The molecule has 0 aliphatic carbocycles. The first-order valence-electron chi connectivity index (χ1n) is 4.44. The highest BCUT2D eigenvalue weighted by atomic mass is 16.3. The van der Waals surface area contributed by atoms with Crippen molar-refractivity contribution in [3.63, 3.8) is 0 Å². The van der Waals surface area contributed by atoms with Gasteiger partial charge >= 0.3 is 0 Å². The maximum Gasteiger partial charge on any atom is 0.289 e. The standard InChI is InChI=1S/C9H12N3O2/c1-3-6(2)11-9(14)8-10-5-4-7(13)12-8/h4-6H,3H2,1-2H3,(H,11,14). The molecule has 1 heterocycles. The predicted octanol–water partition coefficient (Wildman–Crippen LogP) is 1.15. The number of carbonyl (C=O) groups is 1. The smallest absolute Gasteiger partial charge is 0.289 e. The molecule has 0 bridgehead atoms. The molecule has 0 saturated heterocycles. The molecule has 1 unspecified atom stereocenters. The van der Waals surface area contributed by atoms with Crippen molar-refractivity contribution in [2.45, 2.75) is 26.3 Å². The topological polar surface area (TPSA) is 74.8 Å². The molecule has 0 saturated carbocycles. The van der Waals surface area contributed by atoms with E-state index >= 15 is 0 Å². The molecule has 14 heavy (non-hydrogen) atoms. The van der Waals surface area contributed by atoms with Crippen LogP contribution >= 0.6 is 0 Å². The molecule has 0 fully saturated rings. The second-order valence-electron chi connectivity index (χ2n) is 3.00. The van der Waals surface area contributed by atoms with Crippen molar-refractivity contribution >= 4 is 5.91 Å². The first-order chi connectivity index (χ1) is 6.63. The number of nitrogens with zero attached hydrogens (tertiary/aromatic N) is 2. The number of hydrogen-bond donors (Lipinski definition) is 1. The fraction of sp³-hybridized carbons (Fsp3) is 0.444. The fourth-order valence-electron chi connectivity index (χ4n) is 0.842. The molecule has 1 amide bonds. The Hall–Kier alpha value is -1.65. The van der Waals surface area contributed by atoms with Crippen LogP contribution in [0.15, 0.2) is 12.3 Å². The van der Waals surface area contributed by atoms with Gasteiger partial charge in [0.2, 0.25) is 5.82 Å².